The van der Waals surface area contributed by atoms with E-state index in [1.165, 1.54) is 6.07 Å². The number of rotatable bonds is 4. The molecule has 2 rings (SSSR count). The van der Waals surface area contributed by atoms with Crippen LogP contribution in [-0.4, -0.2) is 11.0 Å². The van der Waals surface area contributed by atoms with E-state index < -0.39 is 5.91 Å². The molecule has 0 spiro atoms. The molecule has 0 saturated carbocycles. The third-order valence-corrected chi connectivity index (χ3v) is 2.75. The van der Waals surface area contributed by atoms with Gasteiger partial charge in [0.15, 0.2) is 0 Å². The second-order valence-corrected chi connectivity index (χ2v) is 4.40. The van der Waals surface area contributed by atoms with E-state index in [9.17, 15) is 9.90 Å². The zero-order chi connectivity index (χ0) is 13.8. The summed E-state index contributed by atoms with van der Waals surface area (Å²) in [6.07, 6.45) is 0. The van der Waals surface area contributed by atoms with Gasteiger partial charge in [-0.2, -0.15) is 0 Å². The van der Waals surface area contributed by atoms with Crippen molar-refractivity contribution < 1.29 is 14.6 Å². The maximum atomic E-state index is 11.3. The highest BCUT2D eigenvalue weighted by Crippen LogP contribution is 2.23. The molecule has 3 N–H and O–H groups in total. The first kappa shape index (κ1) is 13.2. The van der Waals surface area contributed by atoms with Gasteiger partial charge in [-0.3, -0.25) is 4.79 Å². The van der Waals surface area contributed by atoms with Crippen LogP contribution in [0.4, 0.5) is 0 Å². The molecule has 0 saturated heterocycles. The highest BCUT2D eigenvalue weighted by Gasteiger charge is 2.10. The predicted molar refractivity (Wildman–Crippen MR) is 72.4 cm³/mol. The minimum absolute atomic E-state index is 0.160. The van der Waals surface area contributed by atoms with Crippen molar-refractivity contribution >= 4 is 17.5 Å². The molecule has 0 bridgehead atoms. The zero-order valence-electron chi connectivity index (χ0n) is 9.97. The second-order valence-electron chi connectivity index (χ2n) is 3.96. The molecule has 2 aromatic rings. The number of carbonyl (C=O) groups excluding carboxylic acids is 1. The lowest BCUT2D eigenvalue weighted by Crippen LogP contribution is -2.13. The molecule has 19 heavy (non-hydrogen) atoms. The number of hydrogen-bond acceptors (Lipinski definition) is 3. The molecule has 2 aromatic carbocycles. The molecule has 0 heterocycles. The summed E-state index contributed by atoms with van der Waals surface area (Å²) in [6.45, 7) is 0.219. The number of phenolic OH excluding ortho intramolecular Hbond substituents is 1. The van der Waals surface area contributed by atoms with Gasteiger partial charge in [-0.15, -0.1) is 0 Å². The molecule has 5 heteroatoms. The zero-order valence-corrected chi connectivity index (χ0v) is 10.7. The Hall–Kier alpha value is -2.20. The number of hydrogen-bond donors (Lipinski definition) is 2. The van der Waals surface area contributed by atoms with Crippen molar-refractivity contribution in [2.75, 3.05) is 0 Å². The summed E-state index contributed by atoms with van der Waals surface area (Å²) in [5, 5.41) is 9.76. The lowest BCUT2D eigenvalue weighted by Gasteiger charge is -2.10. The van der Waals surface area contributed by atoms with Gasteiger partial charge in [0.25, 0.3) is 5.91 Å². The van der Waals surface area contributed by atoms with E-state index in [0.717, 1.165) is 5.56 Å². The number of carbonyl (C=O) groups is 1. The van der Waals surface area contributed by atoms with Crippen molar-refractivity contribution in [2.24, 2.45) is 5.73 Å². The van der Waals surface area contributed by atoms with E-state index in [1.54, 1.807) is 36.4 Å². The Kier molecular flexibility index (Phi) is 3.92. The molecule has 98 valence electrons. The number of phenols is 1. The summed E-state index contributed by atoms with van der Waals surface area (Å²) in [5.41, 5.74) is 6.27. The van der Waals surface area contributed by atoms with Gasteiger partial charge in [-0.05, 0) is 35.9 Å². The minimum atomic E-state index is -0.603. The molecule has 0 atom stereocenters. The predicted octanol–water partition coefficient (Wildman–Crippen LogP) is 2.72. The van der Waals surface area contributed by atoms with Crippen molar-refractivity contribution in [3.63, 3.8) is 0 Å². The first-order valence-corrected chi connectivity index (χ1v) is 5.94. The van der Waals surface area contributed by atoms with Gasteiger partial charge in [0, 0.05) is 5.02 Å². The normalized spacial score (nSPS) is 10.2. The first-order valence-electron chi connectivity index (χ1n) is 5.56. The lowest BCUT2D eigenvalue weighted by molar-refractivity contribution is 0.0996. The summed E-state index contributed by atoms with van der Waals surface area (Å²) in [7, 11) is 0. The van der Waals surface area contributed by atoms with E-state index in [0.29, 0.717) is 10.8 Å². The Labute approximate surface area is 115 Å². The molecular formula is C14H12ClNO3. The number of benzene rings is 2. The van der Waals surface area contributed by atoms with Crippen LogP contribution in [0.5, 0.6) is 11.5 Å². The van der Waals surface area contributed by atoms with Crippen LogP contribution in [0.1, 0.15) is 15.9 Å². The summed E-state index contributed by atoms with van der Waals surface area (Å²) >= 11 is 5.80. The van der Waals surface area contributed by atoms with Gasteiger partial charge in [0.1, 0.15) is 18.1 Å². The summed E-state index contributed by atoms with van der Waals surface area (Å²) in [4.78, 5) is 11.3. The largest absolute Gasteiger partial charge is 0.508 e. The third kappa shape index (κ3) is 3.39. The minimum Gasteiger partial charge on any atom is -0.508 e. The van der Waals surface area contributed by atoms with Crippen molar-refractivity contribution in [1.82, 2.24) is 0 Å². The Balaban J connectivity index is 2.17. The standard InChI is InChI=1S/C14H12ClNO3/c15-10-4-5-13(12(7-10)14(16)18)19-8-9-2-1-3-11(17)6-9/h1-7,17H,8H2,(H2,16,18). The van der Waals surface area contributed by atoms with E-state index in [2.05, 4.69) is 0 Å². The van der Waals surface area contributed by atoms with E-state index in [-0.39, 0.29) is 17.9 Å². The van der Waals surface area contributed by atoms with Crippen LogP contribution in [0.2, 0.25) is 5.02 Å². The molecule has 0 aromatic heterocycles. The fraction of sp³-hybridized carbons (Fsp3) is 0.0714. The molecule has 0 aliphatic heterocycles. The second kappa shape index (κ2) is 5.63. The number of ether oxygens (including phenoxy) is 1. The Morgan fingerprint density at radius 1 is 1.26 bits per heavy atom. The average molecular weight is 278 g/mol. The Morgan fingerprint density at radius 3 is 2.74 bits per heavy atom. The lowest BCUT2D eigenvalue weighted by atomic mass is 10.2. The summed E-state index contributed by atoms with van der Waals surface area (Å²) < 4.78 is 5.52. The van der Waals surface area contributed by atoms with E-state index >= 15 is 0 Å². The van der Waals surface area contributed by atoms with Crippen LogP contribution in [0.25, 0.3) is 0 Å². The highest BCUT2D eigenvalue weighted by molar-refractivity contribution is 6.31. The molecule has 0 aliphatic rings. The molecule has 0 fully saturated rings. The topological polar surface area (TPSA) is 72.6 Å². The number of halogens is 1. The van der Waals surface area contributed by atoms with Gasteiger partial charge >= 0.3 is 0 Å². The highest BCUT2D eigenvalue weighted by atomic mass is 35.5. The van der Waals surface area contributed by atoms with Crippen molar-refractivity contribution in [2.45, 2.75) is 6.61 Å². The van der Waals surface area contributed by atoms with Crippen molar-refractivity contribution in [1.29, 1.82) is 0 Å². The van der Waals surface area contributed by atoms with Crippen molar-refractivity contribution in [3.8, 4) is 11.5 Å². The van der Waals surface area contributed by atoms with Gasteiger partial charge in [0.2, 0.25) is 0 Å². The smallest absolute Gasteiger partial charge is 0.252 e. The number of primary amides is 1. The number of amides is 1. The molecule has 1 amide bonds. The maximum Gasteiger partial charge on any atom is 0.252 e. The molecule has 4 nitrogen and oxygen atoms in total. The molecule has 0 unspecified atom stereocenters. The summed E-state index contributed by atoms with van der Waals surface area (Å²) in [6, 6.07) is 11.3. The van der Waals surface area contributed by atoms with Gasteiger partial charge in [-0.25, -0.2) is 0 Å². The fourth-order valence-corrected chi connectivity index (χ4v) is 1.80. The quantitative estimate of drug-likeness (QED) is 0.902. The monoisotopic (exact) mass is 277 g/mol. The van der Waals surface area contributed by atoms with Crippen LogP contribution < -0.4 is 10.5 Å². The van der Waals surface area contributed by atoms with Gasteiger partial charge in [0.05, 0.1) is 5.56 Å². The van der Waals surface area contributed by atoms with Gasteiger partial charge in [-0.1, -0.05) is 23.7 Å². The first-order chi connectivity index (χ1) is 9.06. The van der Waals surface area contributed by atoms with Crippen LogP contribution >= 0.6 is 11.6 Å². The number of aromatic hydroxyl groups is 1. The number of nitrogens with two attached hydrogens (primary N) is 1. The van der Waals surface area contributed by atoms with E-state index in [4.69, 9.17) is 22.1 Å². The van der Waals surface area contributed by atoms with Gasteiger partial charge < -0.3 is 15.6 Å². The van der Waals surface area contributed by atoms with Crippen LogP contribution in [0, 0.1) is 0 Å². The molecular weight excluding hydrogens is 266 g/mol. The van der Waals surface area contributed by atoms with E-state index in [1.807, 2.05) is 0 Å². The fourth-order valence-electron chi connectivity index (χ4n) is 1.63. The third-order valence-electron chi connectivity index (χ3n) is 2.51. The molecule has 0 aliphatic carbocycles. The molecule has 0 radical (unpaired) electrons. The van der Waals surface area contributed by atoms with Crippen LogP contribution in [0.15, 0.2) is 42.5 Å². The van der Waals surface area contributed by atoms with Crippen LogP contribution in [0.3, 0.4) is 0 Å². The maximum absolute atomic E-state index is 11.3. The average Bonchev–Trinajstić information content (AvgIpc) is 2.37. The summed E-state index contributed by atoms with van der Waals surface area (Å²) in [5.74, 6) is -0.0824. The SMILES string of the molecule is NC(=O)c1cc(Cl)ccc1OCc1cccc(O)c1. The van der Waals surface area contributed by atoms with Crippen LogP contribution in [-0.2, 0) is 6.61 Å². The van der Waals surface area contributed by atoms with Crippen molar-refractivity contribution in [3.05, 3.63) is 58.6 Å². The Morgan fingerprint density at radius 2 is 2.05 bits per heavy atom. The Bertz CT molecular complexity index is 613.